The van der Waals surface area contributed by atoms with Gasteiger partial charge in [0.1, 0.15) is 0 Å². The third-order valence-corrected chi connectivity index (χ3v) is 3.03. The van der Waals surface area contributed by atoms with Crippen molar-refractivity contribution in [2.24, 2.45) is 13.0 Å². The van der Waals surface area contributed by atoms with E-state index in [2.05, 4.69) is 23.4 Å². The molecule has 1 aromatic rings. The van der Waals surface area contributed by atoms with Crippen LogP contribution in [0.25, 0.3) is 0 Å². The highest BCUT2D eigenvalue weighted by atomic mass is 15.2. The van der Waals surface area contributed by atoms with Crippen molar-refractivity contribution in [3.8, 4) is 0 Å². The lowest BCUT2D eigenvalue weighted by Crippen LogP contribution is -2.37. The summed E-state index contributed by atoms with van der Waals surface area (Å²) >= 11 is 0. The van der Waals surface area contributed by atoms with Crippen molar-refractivity contribution in [2.45, 2.75) is 32.2 Å². The molecule has 2 unspecified atom stereocenters. The SMILES string of the molecule is CC1CCC(Cc2ccn(C)n2)CN1. The molecular formula is C11H19N3. The van der Waals surface area contributed by atoms with Crippen LogP contribution >= 0.6 is 0 Å². The van der Waals surface area contributed by atoms with E-state index in [-0.39, 0.29) is 0 Å². The van der Waals surface area contributed by atoms with Crippen molar-refractivity contribution >= 4 is 0 Å². The molecule has 2 rings (SSSR count). The van der Waals surface area contributed by atoms with Gasteiger partial charge in [-0.2, -0.15) is 5.10 Å². The van der Waals surface area contributed by atoms with Gasteiger partial charge in [-0.15, -0.1) is 0 Å². The highest BCUT2D eigenvalue weighted by Gasteiger charge is 2.18. The molecule has 0 spiro atoms. The Hall–Kier alpha value is -0.830. The van der Waals surface area contributed by atoms with Crippen LogP contribution in [0.5, 0.6) is 0 Å². The zero-order chi connectivity index (χ0) is 9.97. The van der Waals surface area contributed by atoms with Crippen LogP contribution in [-0.2, 0) is 13.5 Å². The Bertz CT molecular complexity index is 284. The van der Waals surface area contributed by atoms with Crippen LogP contribution in [0, 0.1) is 5.92 Å². The summed E-state index contributed by atoms with van der Waals surface area (Å²) in [6.45, 7) is 3.41. The number of piperidine rings is 1. The average molecular weight is 193 g/mol. The summed E-state index contributed by atoms with van der Waals surface area (Å²) in [7, 11) is 1.98. The zero-order valence-corrected chi connectivity index (χ0v) is 9.03. The number of aromatic nitrogens is 2. The van der Waals surface area contributed by atoms with E-state index in [1.54, 1.807) is 0 Å². The molecule has 0 amide bonds. The quantitative estimate of drug-likeness (QED) is 0.768. The van der Waals surface area contributed by atoms with E-state index in [9.17, 15) is 0 Å². The molecule has 1 N–H and O–H groups in total. The molecule has 1 aliphatic heterocycles. The van der Waals surface area contributed by atoms with Gasteiger partial charge in [-0.1, -0.05) is 0 Å². The maximum absolute atomic E-state index is 4.41. The molecule has 14 heavy (non-hydrogen) atoms. The second kappa shape index (κ2) is 4.13. The third-order valence-electron chi connectivity index (χ3n) is 3.03. The third kappa shape index (κ3) is 2.35. The number of nitrogens with zero attached hydrogens (tertiary/aromatic N) is 2. The van der Waals surface area contributed by atoms with Crippen molar-refractivity contribution in [1.29, 1.82) is 0 Å². The van der Waals surface area contributed by atoms with Crippen LogP contribution in [0.2, 0.25) is 0 Å². The molecule has 1 aromatic heterocycles. The van der Waals surface area contributed by atoms with Gasteiger partial charge in [0.15, 0.2) is 0 Å². The Balaban J connectivity index is 1.86. The first-order valence-electron chi connectivity index (χ1n) is 5.46. The van der Waals surface area contributed by atoms with Crippen LogP contribution in [0.3, 0.4) is 0 Å². The Morgan fingerprint density at radius 1 is 1.57 bits per heavy atom. The molecule has 1 aliphatic rings. The smallest absolute Gasteiger partial charge is 0.0627 e. The molecular weight excluding hydrogens is 174 g/mol. The fourth-order valence-electron chi connectivity index (χ4n) is 2.10. The van der Waals surface area contributed by atoms with Gasteiger partial charge in [-0.25, -0.2) is 0 Å². The summed E-state index contributed by atoms with van der Waals surface area (Å²) in [6, 6.07) is 2.83. The lowest BCUT2D eigenvalue weighted by molar-refractivity contribution is 0.320. The fourth-order valence-corrected chi connectivity index (χ4v) is 2.10. The minimum absolute atomic E-state index is 0.704. The minimum atomic E-state index is 0.704. The largest absolute Gasteiger partial charge is 0.314 e. The van der Waals surface area contributed by atoms with E-state index < -0.39 is 0 Å². The summed E-state index contributed by atoms with van der Waals surface area (Å²) in [4.78, 5) is 0. The lowest BCUT2D eigenvalue weighted by Gasteiger charge is -2.27. The van der Waals surface area contributed by atoms with E-state index in [0.29, 0.717) is 6.04 Å². The first-order valence-corrected chi connectivity index (χ1v) is 5.46. The fraction of sp³-hybridized carbons (Fsp3) is 0.727. The van der Waals surface area contributed by atoms with Crippen molar-refractivity contribution in [3.05, 3.63) is 18.0 Å². The number of aryl methyl sites for hydroxylation is 1. The van der Waals surface area contributed by atoms with Crippen molar-refractivity contribution < 1.29 is 0 Å². The maximum atomic E-state index is 4.41. The predicted octanol–water partition coefficient (Wildman–Crippen LogP) is 1.35. The monoisotopic (exact) mass is 193 g/mol. The van der Waals surface area contributed by atoms with Gasteiger partial charge >= 0.3 is 0 Å². The number of nitrogens with one attached hydrogen (secondary N) is 1. The Kier molecular flexibility index (Phi) is 2.87. The Labute approximate surface area is 85.5 Å². The topological polar surface area (TPSA) is 29.9 Å². The number of hydrogen-bond acceptors (Lipinski definition) is 2. The lowest BCUT2D eigenvalue weighted by atomic mass is 9.92. The summed E-state index contributed by atoms with van der Waals surface area (Å²) in [6.07, 6.45) is 5.79. The highest BCUT2D eigenvalue weighted by molar-refractivity contribution is 5.00. The molecule has 0 aliphatic carbocycles. The van der Waals surface area contributed by atoms with Crippen LogP contribution in [-0.4, -0.2) is 22.4 Å². The van der Waals surface area contributed by atoms with E-state index in [1.807, 2.05) is 17.9 Å². The molecule has 1 fully saturated rings. The van der Waals surface area contributed by atoms with E-state index in [4.69, 9.17) is 0 Å². The summed E-state index contributed by atoms with van der Waals surface area (Å²) < 4.78 is 1.88. The highest BCUT2D eigenvalue weighted by Crippen LogP contribution is 2.17. The van der Waals surface area contributed by atoms with Gasteiger partial charge in [-0.3, -0.25) is 4.68 Å². The van der Waals surface area contributed by atoms with Gasteiger partial charge in [0.25, 0.3) is 0 Å². The molecule has 0 radical (unpaired) electrons. The Morgan fingerprint density at radius 2 is 2.43 bits per heavy atom. The molecule has 3 nitrogen and oxygen atoms in total. The second-order valence-corrected chi connectivity index (χ2v) is 4.44. The van der Waals surface area contributed by atoms with Crippen LogP contribution < -0.4 is 5.32 Å². The van der Waals surface area contributed by atoms with Crippen LogP contribution in [0.1, 0.15) is 25.5 Å². The standard InChI is InChI=1S/C11H19N3/c1-9-3-4-10(8-12-9)7-11-5-6-14(2)13-11/h5-6,9-10,12H,3-4,7-8H2,1-2H3. The average Bonchev–Trinajstić information content (AvgIpc) is 2.56. The van der Waals surface area contributed by atoms with Gasteiger partial charge in [0, 0.05) is 19.3 Å². The summed E-state index contributed by atoms with van der Waals surface area (Å²) in [5.41, 5.74) is 1.23. The summed E-state index contributed by atoms with van der Waals surface area (Å²) in [5, 5.41) is 7.94. The number of rotatable bonds is 2. The molecule has 1 saturated heterocycles. The van der Waals surface area contributed by atoms with Crippen LogP contribution in [0.15, 0.2) is 12.3 Å². The second-order valence-electron chi connectivity index (χ2n) is 4.44. The predicted molar refractivity (Wildman–Crippen MR) is 57.1 cm³/mol. The molecule has 2 heterocycles. The molecule has 3 heteroatoms. The molecule has 0 aromatic carbocycles. The Morgan fingerprint density at radius 3 is 3.00 bits per heavy atom. The van der Waals surface area contributed by atoms with E-state index >= 15 is 0 Å². The van der Waals surface area contributed by atoms with Crippen molar-refractivity contribution in [1.82, 2.24) is 15.1 Å². The first kappa shape index (κ1) is 9.71. The van der Waals surface area contributed by atoms with Crippen molar-refractivity contribution in [2.75, 3.05) is 6.54 Å². The first-order chi connectivity index (χ1) is 6.74. The minimum Gasteiger partial charge on any atom is -0.314 e. The molecule has 78 valence electrons. The summed E-state index contributed by atoms with van der Waals surface area (Å²) in [5.74, 6) is 0.779. The van der Waals surface area contributed by atoms with Gasteiger partial charge < -0.3 is 5.32 Å². The van der Waals surface area contributed by atoms with Gasteiger partial charge in [0.2, 0.25) is 0 Å². The van der Waals surface area contributed by atoms with Crippen LogP contribution in [0.4, 0.5) is 0 Å². The van der Waals surface area contributed by atoms with E-state index in [0.717, 1.165) is 18.9 Å². The van der Waals surface area contributed by atoms with E-state index in [1.165, 1.54) is 18.5 Å². The van der Waals surface area contributed by atoms with Gasteiger partial charge in [-0.05, 0) is 44.7 Å². The molecule has 0 saturated carbocycles. The molecule has 2 atom stereocenters. The van der Waals surface area contributed by atoms with Crippen molar-refractivity contribution in [3.63, 3.8) is 0 Å². The zero-order valence-electron chi connectivity index (χ0n) is 9.03. The van der Waals surface area contributed by atoms with Gasteiger partial charge in [0.05, 0.1) is 5.69 Å². The molecule has 0 bridgehead atoms. The maximum Gasteiger partial charge on any atom is 0.0627 e. The normalized spacial score (nSPS) is 27.9. The number of hydrogen-bond donors (Lipinski definition) is 1.